The van der Waals surface area contributed by atoms with Crippen LogP contribution in [0.5, 0.6) is 0 Å². The summed E-state index contributed by atoms with van der Waals surface area (Å²) in [5.41, 5.74) is 4.03. The molecule has 0 aliphatic carbocycles. The first-order valence-electron chi connectivity index (χ1n) is 7.13. The van der Waals surface area contributed by atoms with Crippen molar-refractivity contribution in [3.8, 4) is 0 Å². The number of amides is 1. The molecule has 0 heterocycles. The van der Waals surface area contributed by atoms with Crippen molar-refractivity contribution in [2.45, 2.75) is 12.8 Å². The third-order valence-electron chi connectivity index (χ3n) is 2.79. The lowest BCUT2D eigenvalue weighted by molar-refractivity contribution is -0.139. The lowest BCUT2D eigenvalue weighted by Gasteiger charge is -1.97. The highest BCUT2D eigenvalue weighted by Crippen LogP contribution is 2.00. The molecule has 0 unspecified atom stereocenters. The zero-order valence-electron chi connectivity index (χ0n) is 13.6. The van der Waals surface area contributed by atoms with Gasteiger partial charge in [-0.1, -0.05) is 60.7 Å². The molecule has 0 radical (unpaired) electrons. The monoisotopic (exact) mass is 332 g/mol. The van der Waals surface area contributed by atoms with Gasteiger partial charge in [0.05, 0.1) is 20.0 Å². The fraction of sp³-hybridized carbons (Fsp3) is 0.176. The van der Waals surface area contributed by atoms with Crippen molar-refractivity contribution >= 4 is 11.9 Å². The Balaban J connectivity index is 0.000000400. The van der Waals surface area contributed by atoms with Gasteiger partial charge in [0.1, 0.15) is 0 Å². The van der Waals surface area contributed by atoms with Gasteiger partial charge in [-0.05, 0) is 11.1 Å². The Kier molecular flexibility index (Phi) is 12.3. The van der Waals surface area contributed by atoms with E-state index in [1.54, 1.807) is 0 Å². The van der Waals surface area contributed by atoms with E-state index in [-0.39, 0.29) is 11.9 Å². The van der Waals surface area contributed by atoms with Crippen LogP contribution in [-0.2, 0) is 27.2 Å². The van der Waals surface area contributed by atoms with E-state index in [9.17, 15) is 9.59 Å². The third kappa shape index (κ3) is 10.1. The predicted octanol–water partition coefficient (Wildman–Crippen LogP) is 0.440. The van der Waals surface area contributed by atoms with Crippen LogP contribution >= 0.6 is 0 Å². The minimum Gasteiger partial charge on any atom is -0.469 e. The van der Waals surface area contributed by atoms with Gasteiger partial charge >= 0.3 is 5.97 Å². The lowest BCUT2D eigenvalue weighted by atomic mass is 10.1. The van der Waals surface area contributed by atoms with Crippen molar-refractivity contribution in [2.75, 3.05) is 7.11 Å². The van der Waals surface area contributed by atoms with Crippen LogP contribution in [0.15, 0.2) is 60.7 Å². The maximum atomic E-state index is 10.8. The summed E-state index contributed by atoms with van der Waals surface area (Å²) in [4.78, 5) is 21.5. The van der Waals surface area contributed by atoms with Gasteiger partial charge in [0.25, 0.3) is 0 Å². The summed E-state index contributed by atoms with van der Waals surface area (Å²) in [5, 5.41) is 0. The van der Waals surface area contributed by atoms with Crippen LogP contribution in [-0.4, -0.2) is 19.0 Å². The zero-order valence-corrected chi connectivity index (χ0v) is 13.6. The van der Waals surface area contributed by atoms with Gasteiger partial charge in [-0.3, -0.25) is 26.7 Å². The van der Waals surface area contributed by atoms with Crippen molar-refractivity contribution < 1.29 is 14.3 Å². The molecular formula is C17H24N4O3. The molecule has 0 bridgehead atoms. The highest BCUT2D eigenvalue weighted by Gasteiger charge is 2.00. The molecule has 0 saturated carbocycles. The largest absolute Gasteiger partial charge is 0.469 e. The summed E-state index contributed by atoms with van der Waals surface area (Å²) >= 11 is 0. The second kappa shape index (κ2) is 13.9. The van der Waals surface area contributed by atoms with Gasteiger partial charge in [-0.25, -0.2) is 5.84 Å². The highest BCUT2D eigenvalue weighted by atomic mass is 16.5. The van der Waals surface area contributed by atoms with Crippen LogP contribution in [0, 0.1) is 0 Å². The standard InChI is InChI=1S/C9H10O2.C8H10N2O.H4N2/c1-11-9(10)7-8-5-3-2-4-6-8;9-10-8(11)6-7-4-2-1-3-5-7;1-2/h2-6H,7H2,1H3;1-5H,6,9H2,(H,10,11);1-2H2. The van der Waals surface area contributed by atoms with Crippen LogP contribution in [0.3, 0.4) is 0 Å². The van der Waals surface area contributed by atoms with Crippen molar-refractivity contribution in [3.63, 3.8) is 0 Å². The Morgan fingerprint density at radius 1 is 0.875 bits per heavy atom. The Labute approximate surface area is 141 Å². The van der Waals surface area contributed by atoms with Crippen LogP contribution in [0.4, 0.5) is 0 Å². The first-order chi connectivity index (χ1) is 11.7. The zero-order chi connectivity index (χ0) is 18.2. The molecule has 0 saturated heterocycles. The van der Waals surface area contributed by atoms with Crippen molar-refractivity contribution in [2.24, 2.45) is 17.5 Å². The minimum absolute atomic E-state index is 0.170. The highest BCUT2D eigenvalue weighted by molar-refractivity contribution is 5.77. The molecule has 130 valence electrons. The van der Waals surface area contributed by atoms with Gasteiger partial charge in [-0.2, -0.15) is 0 Å². The molecular weight excluding hydrogens is 308 g/mol. The van der Waals surface area contributed by atoms with Crippen molar-refractivity contribution in [1.29, 1.82) is 0 Å². The number of methoxy groups -OCH3 is 1. The topological polar surface area (TPSA) is 133 Å². The Morgan fingerprint density at radius 3 is 1.67 bits per heavy atom. The molecule has 0 aliphatic heterocycles. The smallest absolute Gasteiger partial charge is 0.309 e. The van der Waals surface area contributed by atoms with Crippen LogP contribution in [0.1, 0.15) is 11.1 Å². The molecule has 0 fully saturated rings. The van der Waals surface area contributed by atoms with E-state index in [0.717, 1.165) is 11.1 Å². The van der Waals surface area contributed by atoms with E-state index < -0.39 is 0 Å². The Bertz CT molecular complexity index is 523. The Hall–Kier alpha value is -2.74. The van der Waals surface area contributed by atoms with E-state index in [1.165, 1.54) is 7.11 Å². The number of hydrogen-bond donors (Lipinski definition) is 4. The average Bonchev–Trinajstić information content (AvgIpc) is 2.65. The van der Waals surface area contributed by atoms with E-state index in [4.69, 9.17) is 5.84 Å². The maximum Gasteiger partial charge on any atom is 0.309 e. The summed E-state index contributed by atoms with van der Waals surface area (Å²) in [7, 11) is 1.39. The first kappa shape index (κ1) is 21.3. The quantitative estimate of drug-likeness (QED) is 0.278. The van der Waals surface area contributed by atoms with E-state index in [0.29, 0.717) is 12.8 Å². The van der Waals surface area contributed by atoms with Gasteiger partial charge in [0.2, 0.25) is 5.91 Å². The molecule has 2 aromatic carbocycles. The number of rotatable bonds is 4. The fourth-order valence-electron chi connectivity index (χ4n) is 1.67. The summed E-state index contributed by atoms with van der Waals surface area (Å²) in [6, 6.07) is 19.0. The number of esters is 1. The number of hydrazine groups is 2. The number of ether oxygens (including phenoxy) is 1. The number of nitrogens with two attached hydrogens (primary N) is 3. The van der Waals surface area contributed by atoms with Crippen LogP contribution in [0.25, 0.3) is 0 Å². The summed E-state index contributed by atoms with van der Waals surface area (Å²) in [6.45, 7) is 0. The number of hydrogen-bond acceptors (Lipinski definition) is 6. The van der Waals surface area contributed by atoms with E-state index >= 15 is 0 Å². The van der Waals surface area contributed by atoms with E-state index in [2.05, 4.69) is 21.8 Å². The fourth-order valence-corrected chi connectivity index (χ4v) is 1.67. The molecule has 0 atom stereocenters. The van der Waals surface area contributed by atoms with Crippen LogP contribution < -0.4 is 23.0 Å². The molecule has 7 heteroatoms. The summed E-state index contributed by atoms with van der Waals surface area (Å²) in [6.07, 6.45) is 0.703. The molecule has 2 rings (SSSR count). The molecule has 7 nitrogen and oxygen atoms in total. The van der Waals surface area contributed by atoms with Crippen molar-refractivity contribution in [3.05, 3.63) is 71.8 Å². The van der Waals surface area contributed by atoms with Gasteiger partial charge in [0, 0.05) is 0 Å². The number of carbonyl (C=O) groups is 2. The lowest BCUT2D eigenvalue weighted by Crippen LogP contribution is -2.31. The maximum absolute atomic E-state index is 10.8. The van der Waals surface area contributed by atoms with Gasteiger partial charge in [0.15, 0.2) is 0 Å². The first-order valence-corrected chi connectivity index (χ1v) is 7.13. The van der Waals surface area contributed by atoms with Crippen LogP contribution in [0.2, 0.25) is 0 Å². The van der Waals surface area contributed by atoms with Gasteiger partial charge < -0.3 is 4.74 Å². The number of carbonyl (C=O) groups excluding carboxylic acids is 2. The second-order valence-electron chi connectivity index (χ2n) is 4.47. The van der Waals surface area contributed by atoms with Gasteiger partial charge in [-0.15, -0.1) is 0 Å². The predicted molar refractivity (Wildman–Crippen MR) is 93.0 cm³/mol. The summed E-state index contributed by atoms with van der Waals surface area (Å²) in [5.74, 6) is 12.6. The van der Waals surface area contributed by atoms with E-state index in [1.807, 2.05) is 60.7 Å². The molecule has 0 aliphatic rings. The molecule has 24 heavy (non-hydrogen) atoms. The SMILES string of the molecule is COC(=O)Cc1ccccc1.NN.NNC(=O)Cc1ccccc1. The molecule has 0 aromatic heterocycles. The Morgan fingerprint density at radius 2 is 1.29 bits per heavy atom. The van der Waals surface area contributed by atoms with Crippen molar-refractivity contribution in [1.82, 2.24) is 5.43 Å². The minimum atomic E-state index is -0.198. The molecule has 7 N–H and O–H groups in total. The third-order valence-corrected chi connectivity index (χ3v) is 2.79. The molecule has 1 amide bonds. The normalized spacial score (nSPS) is 8.67. The molecule has 0 spiro atoms. The number of nitrogens with one attached hydrogen (secondary N) is 1. The second-order valence-corrected chi connectivity index (χ2v) is 4.47. The summed E-state index contributed by atoms with van der Waals surface area (Å²) < 4.78 is 4.52. The molecule has 2 aromatic rings. The average molecular weight is 332 g/mol. The number of benzene rings is 2.